The van der Waals surface area contributed by atoms with Gasteiger partial charge in [0.05, 0.1) is 25.4 Å². The molecule has 2 N–H and O–H groups in total. The van der Waals surface area contributed by atoms with Crippen LogP contribution in [0.5, 0.6) is 17.2 Å². The minimum absolute atomic E-state index is 0.0148. The van der Waals surface area contributed by atoms with Gasteiger partial charge in [-0.25, -0.2) is 9.97 Å². The zero-order chi connectivity index (χ0) is 19.8. The molecule has 0 radical (unpaired) electrons. The summed E-state index contributed by atoms with van der Waals surface area (Å²) in [6, 6.07) is 6.86. The monoisotopic (exact) mass is 399 g/mol. The Hall–Kier alpha value is -2.94. The second-order valence-corrected chi connectivity index (χ2v) is 5.84. The SMILES string of the molecule is COc1cc2nc(C(F)(F)F)nc(Nc3cc(Cl)ccc3O)c2cc1OC. The molecule has 2 aromatic carbocycles. The van der Waals surface area contributed by atoms with Crippen molar-refractivity contribution in [3.63, 3.8) is 0 Å². The summed E-state index contributed by atoms with van der Waals surface area (Å²) in [5.41, 5.74) is 0.0735. The molecule has 142 valence electrons. The van der Waals surface area contributed by atoms with Gasteiger partial charge in [-0.05, 0) is 24.3 Å². The highest BCUT2D eigenvalue weighted by atomic mass is 35.5. The van der Waals surface area contributed by atoms with Gasteiger partial charge in [0.2, 0.25) is 5.82 Å². The first-order chi connectivity index (χ1) is 12.7. The van der Waals surface area contributed by atoms with E-state index in [2.05, 4.69) is 15.3 Å². The number of hydrogen-bond donors (Lipinski definition) is 2. The molecule has 0 aliphatic carbocycles. The van der Waals surface area contributed by atoms with E-state index in [1.54, 1.807) is 0 Å². The smallest absolute Gasteiger partial charge is 0.451 e. The van der Waals surface area contributed by atoms with Crippen LogP contribution in [0.25, 0.3) is 10.9 Å². The Kier molecular flexibility index (Phi) is 4.88. The van der Waals surface area contributed by atoms with Crippen molar-refractivity contribution in [3.05, 3.63) is 41.2 Å². The third kappa shape index (κ3) is 3.77. The Morgan fingerprint density at radius 3 is 2.33 bits per heavy atom. The molecule has 0 unspecified atom stereocenters. The van der Waals surface area contributed by atoms with E-state index in [1.165, 1.54) is 44.6 Å². The van der Waals surface area contributed by atoms with E-state index in [1.807, 2.05) is 0 Å². The van der Waals surface area contributed by atoms with Crippen molar-refractivity contribution in [2.24, 2.45) is 0 Å². The molecule has 0 aliphatic heterocycles. The highest BCUT2D eigenvalue weighted by molar-refractivity contribution is 6.31. The summed E-state index contributed by atoms with van der Waals surface area (Å²) < 4.78 is 50.0. The second kappa shape index (κ2) is 6.99. The van der Waals surface area contributed by atoms with Gasteiger partial charge in [0.15, 0.2) is 11.5 Å². The van der Waals surface area contributed by atoms with E-state index in [4.69, 9.17) is 21.1 Å². The molecule has 0 saturated heterocycles. The van der Waals surface area contributed by atoms with Crippen molar-refractivity contribution in [2.75, 3.05) is 19.5 Å². The molecule has 3 aromatic rings. The van der Waals surface area contributed by atoms with Crippen LogP contribution in [0.15, 0.2) is 30.3 Å². The van der Waals surface area contributed by atoms with E-state index < -0.39 is 12.0 Å². The molecule has 1 heterocycles. The number of rotatable bonds is 4. The summed E-state index contributed by atoms with van der Waals surface area (Å²) in [6.45, 7) is 0. The lowest BCUT2D eigenvalue weighted by molar-refractivity contribution is -0.144. The summed E-state index contributed by atoms with van der Waals surface area (Å²) in [6.07, 6.45) is -4.77. The Morgan fingerprint density at radius 1 is 1.04 bits per heavy atom. The fraction of sp³-hybridized carbons (Fsp3) is 0.176. The maximum Gasteiger partial charge on any atom is 0.451 e. The van der Waals surface area contributed by atoms with Gasteiger partial charge in [0.1, 0.15) is 11.6 Å². The van der Waals surface area contributed by atoms with Crippen LogP contribution < -0.4 is 14.8 Å². The minimum Gasteiger partial charge on any atom is -0.506 e. The zero-order valence-electron chi connectivity index (χ0n) is 14.1. The van der Waals surface area contributed by atoms with E-state index in [0.717, 1.165) is 0 Å². The van der Waals surface area contributed by atoms with Gasteiger partial charge < -0.3 is 19.9 Å². The van der Waals surface area contributed by atoms with Crippen molar-refractivity contribution < 1.29 is 27.8 Å². The molecule has 10 heteroatoms. The van der Waals surface area contributed by atoms with Crippen LogP contribution in [0.1, 0.15) is 5.82 Å². The lowest BCUT2D eigenvalue weighted by atomic mass is 10.2. The average molecular weight is 400 g/mol. The average Bonchev–Trinajstić information content (AvgIpc) is 2.62. The number of fused-ring (bicyclic) bond motifs is 1. The number of phenols is 1. The third-order valence-electron chi connectivity index (χ3n) is 3.67. The number of anilines is 2. The highest BCUT2D eigenvalue weighted by Crippen LogP contribution is 2.38. The Balaban J connectivity index is 2.26. The van der Waals surface area contributed by atoms with Crippen molar-refractivity contribution in [3.8, 4) is 17.2 Å². The van der Waals surface area contributed by atoms with Crippen LogP contribution in [-0.4, -0.2) is 29.3 Å². The predicted molar refractivity (Wildman–Crippen MR) is 94.0 cm³/mol. The van der Waals surface area contributed by atoms with Crippen LogP contribution in [0, 0.1) is 0 Å². The van der Waals surface area contributed by atoms with Gasteiger partial charge >= 0.3 is 6.18 Å². The van der Waals surface area contributed by atoms with Gasteiger partial charge in [0.25, 0.3) is 0 Å². The van der Waals surface area contributed by atoms with Crippen LogP contribution >= 0.6 is 11.6 Å². The number of halogens is 4. The molecule has 0 spiro atoms. The van der Waals surface area contributed by atoms with Crippen molar-refractivity contribution in [1.82, 2.24) is 9.97 Å². The minimum atomic E-state index is -4.77. The standard InChI is InChI=1S/C17H13ClF3N3O3/c1-26-13-6-9-10(7-14(13)27-2)23-16(17(19,20)21)24-15(9)22-11-5-8(18)3-4-12(11)25/h3-7,25H,1-2H3,(H,22,23,24). The van der Waals surface area contributed by atoms with Gasteiger partial charge in [0, 0.05) is 16.5 Å². The molecule has 0 fully saturated rings. The summed E-state index contributed by atoms with van der Waals surface area (Å²) in [5, 5.41) is 13.1. The number of benzene rings is 2. The fourth-order valence-corrected chi connectivity index (χ4v) is 2.59. The summed E-state index contributed by atoms with van der Waals surface area (Å²) in [7, 11) is 2.75. The Labute approximate surface area is 156 Å². The number of aromatic hydroxyl groups is 1. The molecule has 0 bridgehead atoms. The molecule has 27 heavy (non-hydrogen) atoms. The van der Waals surface area contributed by atoms with Crippen LogP contribution in [0.3, 0.4) is 0 Å². The summed E-state index contributed by atoms with van der Waals surface area (Å²) in [4.78, 5) is 7.14. The molecule has 0 saturated carbocycles. The van der Waals surface area contributed by atoms with Crippen LogP contribution in [-0.2, 0) is 6.18 Å². The Bertz CT molecular complexity index is 1010. The molecular weight excluding hydrogens is 387 g/mol. The highest BCUT2D eigenvalue weighted by Gasteiger charge is 2.36. The van der Waals surface area contributed by atoms with E-state index in [9.17, 15) is 18.3 Å². The summed E-state index contributed by atoms with van der Waals surface area (Å²) >= 11 is 5.89. The molecule has 0 amide bonds. The quantitative estimate of drug-likeness (QED) is 0.615. The predicted octanol–water partition coefficient (Wildman–Crippen LogP) is 4.77. The van der Waals surface area contributed by atoms with Crippen molar-refractivity contribution >= 4 is 34.0 Å². The number of phenolic OH excluding ortho intramolecular Hbond substituents is 1. The molecule has 1 aromatic heterocycles. The Morgan fingerprint density at radius 2 is 1.70 bits per heavy atom. The van der Waals surface area contributed by atoms with E-state index in [-0.39, 0.29) is 44.7 Å². The molecule has 0 aliphatic rings. The first-order valence-electron chi connectivity index (χ1n) is 7.49. The normalized spacial score (nSPS) is 11.5. The van der Waals surface area contributed by atoms with E-state index in [0.29, 0.717) is 0 Å². The van der Waals surface area contributed by atoms with E-state index >= 15 is 0 Å². The lowest BCUT2D eigenvalue weighted by Gasteiger charge is -2.15. The largest absolute Gasteiger partial charge is 0.506 e. The molecular formula is C17H13ClF3N3O3. The number of alkyl halides is 3. The van der Waals surface area contributed by atoms with Crippen molar-refractivity contribution in [1.29, 1.82) is 0 Å². The van der Waals surface area contributed by atoms with Crippen LogP contribution in [0.4, 0.5) is 24.7 Å². The number of nitrogens with zero attached hydrogens (tertiary/aromatic N) is 2. The third-order valence-corrected chi connectivity index (χ3v) is 3.90. The number of methoxy groups -OCH3 is 2. The lowest BCUT2D eigenvalue weighted by Crippen LogP contribution is -2.13. The molecule has 3 rings (SSSR count). The maximum atomic E-state index is 13.2. The zero-order valence-corrected chi connectivity index (χ0v) is 14.8. The maximum absolute atomic E-state index is 13.2. The topological polar surface area (TPSA) is 76.5 Å². The van der Waals surface area contributed by atoms with Gasteiger partial charge in [-0.3, -0.25) is 0 Å². The first-order valence-corrected chi connectivity index (χ1v) is 7.87. The number of aromatic nitrogens is 2. The number of nitrogens with one attached hydrogen (secondary N) is 1. The van der Waals surface area contributed by atoms with Gasteiger partial charge in [-0.1, -0.05) is 11.6 Å². The van der Waals surface area contributed by atoms with Gasteiger partial charge in [-0.2, -0.15) is 13.2 Å². The molecule has 0 atom stereocenters. The molecule has 6 nitrogen and oxygen atoms in total. The number of ether oxygens (including phenoxy) is 2. The number of hydrogen-bond acceptors (Lipinski definition) is 6. The summed E-state index contributed by atoms with van der Waals surface area (Å²) in [5.74, 6) is -1.22. The fourth-order valence-electron chi connectivity index (χ4n) is 2.41. The first kappa shape index (κ1) is 18.8. The van der Waals surface area contributed by atoms with Crippen LogP contribution in [0.2, 0.25) is 5.02 Å². The van der Waals surface area contributed by atoms with Gasteiger partial charge in [-0.15, -0.1) is 0 Å². The second-order valence-electron chi connectivity index (χ2n) is 5.40. The van der Waals surface area contributed by atoms with Crippen molar-refractivity contribution in [2.45, 2.75) is 6.18 Å².